The van der Waals surface area contributed by atoms with Crippen molar-refractivity contribution in [1.29, 1.82) is 0 Å². The third-order valence-electron chi connectivity index (χ3n) is 4.71. The van der Waals surface area contributed by atoms with Crippen LogP contribution in [0.3, 0.4) is 0 Å². The summed E-state index contributed by atoms with van der Waals surface area (Å²) in [4.78, 5) is 0. The summed E-state index contributed by atoms with van der Waals surface area (Å²) in [6, 6.07) is 6.36. The third-order valence-corrected chi connectivity index (χ3v) is 4.94. The minimum Gasteiger partial charge on any atom is -0.487 e. The first-order valence-corrected chi connectivity index (χ1v) is 8.73. The van der Waals surface area contributed by atoms with Crippen LogP contribution in [0.15, 0.2) is 18.2 Å². The average molecular weight is 310 g/mol. The quantitative estimate of drug-likeness (QED) is 0.671. The van der Waals surface area contributed by atoms with Crippen LogP contribution in [0, 0.1) is 0 Å². The average Bonchev–Trinajstić information content (AvgIpc) is 2.51. The zero-order chi connectivity index (χ0) is 15.3. The normalized spacial score (nSPS) is 19.9. The molecule has 0 fully saturated rings. The highest BCUT2D eigenvalue weighted by Gasteiger charge is 2.38. The van der Waals surface area contributed by atoms with Crippen LogP contribution in [-0.2, 0) is 0 Å². The molecule has 118 valence electrons. The van der Waals surface area contributed by atoms with E-state index in [0.29, 0.717) is 6.04 Å². The van der Waals surface area contributed by atoms with E-state index in [-0.39, 0.29) is 5.60 Å². The van der Waals surface area contributed by atoms with Gasteiger partial charge in [-0.15, -0.1) is 0 Å². The van der Waals surface area contributed by atoms with E-state index in [4.69, 9.17) is 16.3 Å². The van der Waals surface area contributed by atoms with Crippen LogP contribution in [0.4, 0.5) is 0 Å². The predicted octanol–water partition coefficient (Wildman–Crippen LogP) is 5.50. The van der Waals surface area contributed by atoms with E-state index in [2.05, 4.69) is 32.2 Å². The summed E-state index contributed by atoms with van der Waals surface area (Å²) in [5.41, 5.74) is 1.18. The molecule has 1 aromatic rings. The standard InChI is InChI=1S/C18H28ClNO/c1-4-7-8-11-20-16-13-18(5-2,6-3)21-17-10-9-14(19)12-15(16)17/h9-10,12,16,20H,4-8,11,13H2,1-3H3. The molecule has 1 aromatic carbocycles. The Labute approximate surface area is 134 Å². The van der Waals surface area contributed by atoms with Crippen molar-refractivity contribution in [2.24, 2.45) is 0 Å². The van der Waals surface area contributed by atoms with E-state index < -0.39 is 0 Å². The molecular formula is C18H28ClNO. The molecule has 1 aliphatic heterocycles. The fourth-order valence-electron chi connectivity index (χ4n) is 3.16. The van der Waals surface area contributed by atoms with Crippen LogP contribution >= 0.6 is 11.6 Å². The molecule has 2 nitrogen and oxygen atoms in total. The second kappa shape index (κ2) is 7.51. The molecule has 0 radical (unpaired) electrons. The largest absolute Gasteiger partial charge is 0.487 e. The van der Waals surface area contributed by atoms with Gasteiger partial charge in [-0.3, -0.25) is 0 Å². The van der Waals surface area contributed by atoms with Gasteiger partial charge in [0.15, 0.2) is 0 Å². The smallest absolute Gasteiger partial charge is 0.125 e. The number of halogens is 1. The molecule has 0 amide bonds. The maximum absolute atomic E-state index is 6.33. The van der Waals surface area contributed by atoms with Crippen LogP contribution < -0.4 is 10.1 Å². The van der Waals surface area contributed by atoms with Crippen molar-refractivity contribution in [2.75, 3.05) is 6.54 Å². The number of hydrogen-bond acceptors (Lipinski definition) is 2. The molecule has 1 unspecified atom stereocenters. The Balaban J connectivity index is 2.19. The van der Waals surface area contributed by atoms with Crippen molar-refractivity contribution in [3.8, 4) is 5.75 Å². The van der Waals surface area contributed by atoms with E-state index >= 15 is 0 Å². The molecule has 1 aliphatic rings. The second-order valence-corrected chi connectivity index (χ2v) is 6.53. The highest BCUT2D eigenvalue weighted by molar-refractivity contribution is 6.30. The van der Waals surface area contributed by atoms with Gasteiger partial charge in [0.1, 0.15) is 11.4 Å². The summed E-state index contributed by atoms with van der Waals surface area (Å²) >= 11 is 6.18. The topological polar surface area (TPSA) is 21.3 Å². The molecule has 1 N–H and O–H groups in total. The Bertz CT molecular complexity index is 457. The molecular weight excluding hydrogens is 282 g/mol. The van der Waals surface area contributed by atoms with Crippen molar-refractivity contribution in [3.05, 3.63) is 28.8 Å². The van der Waals surface area contributed by atoms with Crippen molar-refractivity contribution in [1.82, 2.24) is 5.32 Å². The number of benzene rings is 1. The van der Waals surface area contributed by atoms with Crippen LogP contribution in [0.2, 0.25) is 5.02 Å². The van der Waals surface area contributed by atoms with Gasteiger partial charge < -0.3 is 10.1 Å². The number of unbranched alkanes of at least 4 members (excludes halogenated alkanes) is 2. The molecule has 0 saturated carbocycles. The summed E-state index contributed by atoms with van der Waals surface area (Å²) in [5.74, 6) is 1.00. The lowest BCUT2D eigenvalue weighted by atomic mass is 9.83. The first-order chi connectivity index (χ1) is 10.1. The molecule has 0 saturated heterocycles. The number of fused-ring (bicyclic) bond motifs is 1. The predicted molar refractivity (Wildman–Crippen MR) is 90.3 cm³/mol. The fourth-order valence-corrected chi connectivity index (χ4v) is 3.34. The Morgan fingerprint density at radius 3 is 2.67 bits per heavy atom. The van der Waals surface area contributed by atoms with Crippen molar-refractivity contribution in [3.63, 3.8) is 0 Å². The fraction of sp³-hybridized carbons (Fsp3) is 0.667. The number of hydrogen-bond donors (Lipinski definition) is 1. The van der Waals surface area contributed by atoms with Crippen LogP contribution in [-0.4, -0.2) is 12.1 Å². The Kier molecular flexibility index (Phi) is 5.95. The van der Waals surface area contributed by atoms with Gasteiger partial charge in [-0.2, -0.15) is 0 Å². The summed E-state index contributed by atoms with van der Waals surface area (Å²) in [7, 11) is 0. The monoisotopic (exact) mass is 309 g/mol. The van der Waals surface area contributed by atoms with E-state index in [1.165, 1.54) is 24.8 Å². The van der Waals surface area contributed by atoms with Gasteiger partial charge in [-0.05, 0) is 44.0 Å². The first kappa shape index (κ1) is 16.6. The highest BCUT2D eigenvalue weighted by atomic mass is 35.5. The Morgan fingerprint density at radius 1 is 1.24 bits per heavy atom. The van der Waals surface area contributed by atoms with E-state index in [1.54, 1.807) is 0 Å². The minimum atomic E-state index is -0.0384. The molecule has 3 heteroatoms. The lowest BCUT2D eigenvalue weighted by Crippen LogP contribution is -2.43. The van der Waals surface area contributed by atoms with Gasteiger partial charge in [-0.25, -0.2) is 0 Å². The van der Waals surface area contributed by atoms with Gasteiger partial charge in [0, 0.05) is 23.0 Å². The Morgan fingerprint density at radius 2 is 2.00 bits per heavy atom. The highest BCUT2D eigenvalue weighted by Crippen LogP contribution is 2.43. The van der Waals surface area contributed by atoms with Gasteiger partial charge >= 0.3 is 0 Å². The SMILES string of the molecule is CCCCCNC1CC(CC)(CC)Oc2ccc(Cl)cc21. The molecule has 0 aromatic heterocycles. The Hall–Kier alpha value is -0.730. The van der Waals surface area contributed by atoms with Gasteiger partial charge in [0.25, 0.3) is 0 Å². The number of rotatable bonds is 7. The third kappa shape index (κ3) is 3.92. The molecule has 0 spiro atoms. The first-order valence-electron chi connectivity index (χ1n) is 8.36. The molecule has 2 rings (SSSR count). The maximum Gasteiger partial charge on any atom is 0.125 e. The van der Waals surface area contributed by atoms with Crippen molar-refractivity contribution >= 4 is 11.6 Å². The number of ether oxygens (including phenoxy) is 1. The van der Waals surface area contributed by atoms with Gasteiger partial charge in [-0.1, -0.05) is 45.2 Å². The molecule has 21 heavy (non-hydrogen) atoms. The van der Waals surface area contributed by atoms with Crippen LogP contribution in [0.5, 0.6) is 5.75 Å². The molecule has 1 heterocycles. The number of nitrogens with one attached hydrogen (secondary N) is 1. The van der Waals surface area contributed by atoms with E-state index in [0.717, 1.165) is 36.6 Å². The summed E-state index contributed by atoms with van der Waals surface area (Å²) in [6.45, 7) is 7.74. The lowest BCUT2D eigenvalue weighted by molar-refractivity contribution is 0.0228. The van der Waals surface area contributed by atoms with E-state index in [9.17, 15) is 0 Å². The van der Waals surface area contributed by atoms with Gasteiger partial charge in [0.05, 0.1) is 0 Å². The molecule has 0 aliphatic carbocycles. The zero-order valence-corrected chi connectivity index (χ0v) is 14.3. The van der Waals surface area contributed by atoms with E-state index in [1.807, 2.05) is 12.1 Å². The summed E-state index contributed by atoms with van der Waals surface area (Å²) in [6.07, 6.45) is 6.88. The minimum absolute atomic E-state index is 0.0384. The lowest BCUT2D eigenvalue weighted by Gasteiger charge is -2.42. The second-order valence-electron chi connectivity index (χ2n) is 6.09. The van der Waals surface area contributed by atoms with Crippen molar-refractivity contribution in [2.45, 2.75) is 70.9 Å². The van der Waals surface area contributed by atoms with Crippen LogP contribution in [0.1, 0.15) is 70.9 Å². The maximum atomic E-state index is 6.33. The zero-order valence-electron chi connectivity index (χ0n) is 13.5. The van der Waals surface area contributed by atoms with Crippen LogP contribution in [0.25, 0.3) is 0 Å². The van der Waals surface area contributed by atoms with Gasteiger partial charge in [0.2, 0.25) is 0 Å². The summed E-state index contributed by atoms with van der Waals surface area (Å²) in [5, 5.41) is 4.51. The van der Waals surface area contributed by atoms with Crippen molar-refractivity contribution < 1.29 is 4.74 Å². The molecule has 0 bridgehead atoms. The molecule has 1 atom stereocenters. The summed E-state index contributed by atoms with van der Waals surface area (Å²) < 4.78 is 6.33.